The summed E-state index contributed by atoms with van der Waals surface area (Å²) in [4.78, 5) is 2.31. The fourth-order valence-corrected chi connectivity index (χ4v) is 1.02. The van der Waals surface area contributed by atoms with Crippen molar-refractivity contribution in [2.75, 3.05) is 26.3 Å². The SMILES string of the molecule is CC(C)/C=C/N1CCOCC1. The molecule has 0 unspecified atom stereocenters. The van der Waals surface area contributed by atoms with Gasteiger partial charge >= 0.3 is 0 Å². The zero-order chi connectivity index (χ0) is 8.10. The second-order valence-electron chi connectivity index (χ2n) is 3.23. The molecule has 1 rings (SSSR count). The summed E-state index contributed by atoms with van der Waals surface area (Å²) in [5.74, 6) is 0.651. The molecule has 1 heterocycles. The van der Waals surface area contributed by atoms with Crippen molar-refractivity contribution in [2.24, 2.45) is 5.92 Å². The highest BCUT2D eigenvalue weighted by molar-refractivity contribution is 4.85. The fraction of sp³-hybridized carbons (Fsp3) is 0.778. The lowest BCUT2D eigenvalue weighted by molar-refractivity contribution is 0.0592. The van der Waals surface area contributed by atoms with E-state index in [9.17, 15) is 0 Å². The van der Waals surface area contributed by atoms with E-state index in [-0.39, 0.29) is 0 Å². The Morgan fingerprint density at radius 2 is 1.91 bits per heavy atom. The average molecular weight is 155 g/mol. The first-order valence-corrected chi connectivity index (χ1v) is 4.29. The summed E-state index contributed by atoms with van der Waals surface area (Å²) in [5.41, 5.74) is 0. The molecule has 2 heteroatoms. The van der Waals surface area contributed by atoms with Gasteiger partial charge < -0.3 is 9.64 Å². The zero-order valence-corrected chi connectivity index (χ0v) is 7.42. The van der Waals surface area contributed by atoms with Crippen LogP contribution in [0.4, 0.5) is 0 Å². The van der Waals surface area contributed by atoms with E-state index < -0.39 is 0 Å². The molecule has 0 aromatic carbocycles. The van der Waals surface area contributed by atoms with Crippen molar-refractivity contribution in [3.05, 3.63) is 12.3 Å². The van der Waals surface area contributed by atoms with E-state index in [1.807, 2.05) is 0 Å². The van der Waals surface area contributed by atoms with Gasteiger partial charge in [0.25, 0.3) is 0 Å². The summed E-state index contributed by atoms with van der Waals surface area (Å²) < 4.78 is 5.23. The second-order valence-corrected chi connectivity index (χ2v) is 3.23. The first kappa shape index (κ1) is 8.60. The normalized spacial score (nSPS) is 20.1. The van der Waals surface area contributed by atoms with E-state index in [4.69, 9.17) is 4.74 Å². The third-order valence-electron chi connectivity index (χ3n) is 1.73. The molecule has 2 nitrogen and oxygen atoms in total. The van der Waals surface area contributed by atoms with Gasteiger partial charge in [0.2, 0.25) is 0 Å². The molecule has 1 aliphatic rings. The Hall–Kier alpha value is -0.500. The Labute approximate surface area is 68.8 Å². The van der Waals surface area contributed by atoms with Gasteiger partial charge in [-0.05, 0) is 12.1 Å². The van der Waals surface area contributed by atoms with Crippen molar-refractivity contribution in [1.29, 1.82) is 0 Å². The Morgan fingerprint density at radius 3 is 2.45 bits per heavy atom. The van der Waals surface area contributed by atoms with Gasteiger partial charge in [-0.3, -0.25) is 0 Å². The molecule has 0 N–H and O–H groups in total. The summed E-state index contributed by atoms with van der Waals surface area (Å²) in [5, 5.41) is 0. The van der Waals surface area contributed by atoms with E-state index in [1.165, 1.54) is 0 Å². The maximum Gasteiger partial charge on any atom is 0.0642 e. The molecule has 0 aromatic heterocycles. The lowest BCUT2D eigenvalue weighted by atomic mass is 10.2. The highest BCUT2D eigenvalue weighted by atomic mass is 16.5. The number of hydrogen-bond donors (Lipinski definition) is 0. The quantitative estimate of drug-likeness (QED) is 0.599. The van der Waals surface area contributed by atoms with Crippen LogP contribution in [0.3, 0.4) is 0 Å². The van der Waals surface area contributed by atoms with Crippen LogP contribution in [-0.2, 0) is 4.74 Å². The lowest BCUT2D eigenvalue weighted by Gasteiger charge is -2.25. The van der Waals surface area contributed by atoms with Crippen molar-refractivity contribution in [3.8, 4) is 0 Å². The number of allylic oxidation sites excluding steroid dienone is 1. The Bertz CT molecular complexity index is 126. The van der Waals surface area contributed by atoms with Gasteiger partial charge in [-0.1, -0.05) is 19.9 Å². The maximum absolute atomic E-state index is 5.23. The van der Waals surface area contributed by atoms with Crippen LogP contribution in [0.1, 0.15) is 13.8 Å². The van der Waals surface area contributed by atoms with Crippen LogP contribution in [0.2, 0.25) is 0 Å². The summed E-state index contributed by atoms with van der Waals surface area (Å²) >= 11 is 0. The van der Waals surface area contributed by atoms with Gasteiger partial charge in [-0.25, -0.2) is 0 Å². The molecule has 0 bridgehead atoms. The van der Waals surface area contributed by atoms with Gasteiger partial charge in [0.1, 0.15) is 0 Å². The van der Waals surface area contributed by atoms with Crippen LogP contribution in [0.5, 0.6) is 0 Å². The fourth-order valence-electron chi connectivity index (χ4n) is 1.02. The van der Waals surface area contributed by atoms with Crippen molar-refractivity contribution < 1.29 is 4.74 Å². The lowest BCUT2D eigenvalue weighted by Crippen LogP contribution is -2.32. The molecular formula is C9H17NO. The van der Waals surface area contributed by atoms with Gasteiger partial charge in [-0.15, -0.1) is 0 Å². The van der Waals surface area contributed by atoms with Gasteiger partial charge in [0, 0.05) is 13.1 Å². The zero-order valence-electron chi connectivity index (χ0n) is 7.42. The summed E-state index contributed by atoms with van der Waals surface area (Å²) in [7, 11) is 0. The van der Waals surface area contributed by atoms with Gasteiger partial charge in [0.15, 0.2) is 0 Å². The largest absolute Gasteiger partial charge is 0.378 e. The number of nitrogens with zero attached hydrogens (tertiary/aromatic N) is 1. The van der Waals surface area contributed by atoms with E-state index >= 15 is 0 Å². The molecule has 0 aromatic rings. The van der Waals surface area contributed by atoms with Crippen LogP contribution in [0, 0.1) is 5.92 Å². The standard InChI is InChI=1S/C9H17NO/c1-9(2)3-4-10-5-7-11-8-6-10/h3-4,9H,5-8H2,1-2H3/b4-3+. The number of morpholine rings is 1. The summed E-state index contributed by atoms with van der Waals surface area (Å²) in [6.45, 7) is 8.23. The van der Waals surface area contributed by atoms with Crippen LogP contribution < -0.4 is 0 Å². The van der Waals surface area contributed by atoms with E-state index in [1.54, 1.807) is 0 Å². The van der Waals surface area contributed by atoms with Gasteiger partial charge in [0.05, 0.1) is 13.2 Å². The molecule has 1 aliphatic heterocycles. The molecule has 0 saturated carbocycles. The molecule has 0 radical (unpaired) electrons. The minimum Gasteiger partial charge on any atom is -0.378 e. The predicted molar refractivity (Wildman–Crippen MR) is 46.4 cm³/mol. The van der Waals surface area contributed by atoms with Crippen molar-refractivity contribution >= 4 is 0 Å². The molecule has 0 amide bonds. The number of ether oxygens (including phenoxy) is 1. The van der Waals surface area contributed by atoms with Gasteiger partial charge in [-0.2, -0.15) is 0 Å². The Kier molecular flexibility index (Phi) is 3.43. The molecule has 1 fully saturated rings. The minimum absolute atomic E-state index is 0.651. The van der Waals surface area contributed by atoms with E-state index in [2.05, 4.69) is 31.0 Å². The Balaban J connectivity index is 2.23. The highest BCUT2D eigenvalue weighted by Gasteiger charge is 2.04. The van der Waals surface area contributed by atoms with Crippen LogP contribution in [0.15, 0.2) is 12.3 Å². The predicted octanol–water partition coefficient (Wildman–Crippen LogP) is 1.49. The van der Waals surface area contributed by atoms with Crippen molar-refractivity contribution in [1.82, 2.24) is 4.90 Å². The maximum atomic E-state index is 5.23. The highest BCUT2D eigenvalue weighted by Crippen LogP contribution is 2.00. The molecule has 0 atom stereocenters. The average Bonchev–Trinajstić information content (AvgIpc) is 2.03. The monoisotopic (exact) mass is 155 g/mol. The number of rotatable bonds is 2. The smallest absolute Gasteiger partial charge is 0.0642 e. The molecule has 1 saturated heterocycles. The first-order chi connectivity index (χ1) is 5.29. The Morgan fingerprint density at radius 1 is 1.27 bits per heavy atom. The summed E-state index contributed by atoms with van der Waals surface area (Å²) in [6, 6.07) is 0. The topological polar surface area (TPSA) is 12.5 Å². The molecule has 0 spiro atoms. The first-order valence-electron chi connectivity index (χ1n) is 4.29. The van der Waals surface area contributed by atoms with Crippen molar-refractivity contribution in [2.45, 2.75) is 13.8 Å². The molecule has 11 heavy (non-hydrogen) atoms. The van der Waals surface area contributed by atoms with Crippen LogP contribution in [0.25, 0.3) is 0 Å². The second kappa shape index (κ2) is 4.39. The van der Waals surface area contributed by atoms with Crippen LogP contribution in [-0.4, -0.2) is 31.2 Å². The van der Waals surface area contributed by atoms with Crippen LogP contribution >= 0.6 is 0 Å². The van der Waals surface area contributed by atoms with Crippen molar-refractivity contribution in [3.63, 3.8) is 0 Å². The molecule has 0 aliphatic carbocycles. The minimum atomic E-state index is 0.651. The summed E-state index contributed by atoms with van der Waals surface area (Å²) in [6.07, 6.45) is 4.42. The van der Waals surface area contributed by atoms with E-state index in [0.717, 1.165) is 26.3 Å². The number of hydrogen-bond acceptors (Lipinski definition) is 2. The molecular weight excluding hydrogens is 138 g/mol. The third-order valence-corrected chi connectivity index (χ3v) is 1.73. The molecule has 64 valence electrons. The third kappa shape index (κ3) is 3.42. The van der Waals surface area contributed by atoms with E-state index in [0.29, 0.717) is 5.92 Å².